The van der Waals surface area contributed by atoms with Gasteiger partial charge in [-0.1, -0.05) is 126 Å². The number of halogens is 2. The molecule has 4 aromatic carbocycles. The van der Waals surface area contributed by atoms with Gasteiger partial charge in [-0.05, 0) is 57.3 Å². The van der Waals surface area contributed by atoms with E-state index in [1.807, 2.05) is 139 Å². The van der Waals surface area contributed by atoms with E-state index in [-0.39, 0.29) is 68.9 Å². The van der Waals surface area contributed by atoms with Crippen molar-refractivity contribution in [1.82, 2.24) is 0 Å². The first-order valence-electron chi connectivity index (χ1n) is 12.8. The summed E-state index contributed by atoms with van der Waals surface area (Å²) in [5.74, 6) is 0.129. The fourth-order valence-corrected chi connectivity index (χ4v) is 3.81. The Bertz CT molecular complexity index is 1290. The third-order valence-corrected chi connectivity index (χ3v) is 5.92. The second kappa shape index (κ2) is 17.2. The molecule has 0 saturated carbocycles. The van der Waals surface area contributed by atoms with Gasteiger partial charge in [0.1, 0.15) is 0 Å². The average Bonchev–Trinajstić information content (AvgIpc) is 2.88. The van der Waals surface area contributed by atoms with Crippen LogP contribution in [0, 0.1) is 0 Å². The van der Waals surface area contributed by atoms with Gasteiger partial charge >= 0.3 is 21.7 Å². The molecule has 0 fully saturated rings. The van der Waals surface area contributed by atoms with Crippen molar-refractivity contribution >= 4 is 23.8 Å². The van der Waals surface area contributed by atoms with Crippen molar-refractivity contribution in [2.24, 2.45) is 9.98 Å². The number of para-hydroxylation sites is 4. The Labute approximate surface area is 272 Å². The van der Waals surface area contributed by atoms with Crippen molar-refractivity contribution in [3.05, 3.63) is 119 Å². The van der Waals surface area contributed by atoms with E-state index in [0.29, 0.717) is 11.1 Å². The number of hydrogen-bond donors (Lipinski definition) is 0. The van der Waals surface area contributed by atoms with E-state index >= 15 is 0 Å². The van der Waals surface area contributed by atoms with Gasteiger partial charge in [0.2, 0.25) is 0 Å². The summed E-state index contributed by atoms with van der Waals surface area (Å²) in [7, 11) is 0. The standard InChI is InChI=1S/2C17H19NO.2ClH.Ti/c2*1-17(2,3)15-11-7-8-13(16(15)19)12-18-14-9-5-4-6-10-14;;;/h2*4-12,19H,1-3H3;2*1H;/q;;;;+4/p-4/b2*18-12+;;;. The van der Waals surface area contributed by atoms with Crippen LogP contribution in [0.15, 0.2) is 107 Å². The predicted octanol–water partition coefficient (Wildman–Crippen LogP) is 1.62. The second-order valence-corrected chi connectivity index (χ2v) is 11.1. The van der Waals surface area contributed by atoms with E-state index in [4.69, 9.17) is 0 Å². The van der Waals surface area contributed by atoms with Crippen LogP contribution < -0.4 is 35.0 Å². The number of nitrogens with zero attached hydrogens (tertiary/aromatic N) is 2. The molecule has 4 rings (SSSR count). The normalized spacial score (nSPS) is 11.1. The van der Waals surface area contributed by atoms with Gasteiger partial charge in [-0.2, -0.15) is 0 Å². The van der Waals surface area contributed by atoms with Crippen molar-refractivity contribution in [3.63, 3.8) is 0 Å². The zero-order valence-electron chi connectivity index (χ0n) is 24.4. The first-order chi connectivity index (χ1) is 18.0. The summed E-state index contributed by atoms with van der Waals surface area (Å²) in [4.78, 5) is 8.67. The van der Waals surface area contributed by atoms with E-state index in [0.717, 1.165) is 22.5 Å². The molecule has 4 aromatic rings. The zero-order chi connectivity index (χ0) is 27.8. The molecule has 0 aliphatic rings. The molecule has 7 heteroatoms. The number of aliphatic imine (C=N–C) groups is 2. The van der Waals surface area contributed by atoms with Crippen LogP contribution in [0.5, 0.6) is 11.5 Å². The molecule has 0 saturated heterocycles. The minimum Gasteiger partial charge on any atom is -1.00 e. The molecule has 0 heterocycles. The monoisotopic (exact) mass is 622 g/mol. The van der Waals surface area contributed by atoms with Gasteiger partial charge in [0, 0.05) is 12.4 Å². The fraction of sp³-hybridized carbons (Fsp3) is 0.235. The maximum atomic E-state index is 12.3. The quantitative estimate of drug-likeness (QED) is 0.256. The summed E-state index contributed by atoms with van der Waals surface area (Å²) in [5, 5.41) is 24.7. The first-order valence-corrected chi connectivity index (χ1v) is 12.8. The molecule has 0 amide bonds. The summed E-state index contributed by atoms with van der Waals surface area (Å²) in [6.45, 7) is 12.3. The molecule has 41 heavy (non-hydrogen) atoms. The minimum atomic E-state index is -0.145. The van der Waals surface area contributed by atoms with Crippen LogP contribution in [0.4, 0.5) is 11.4 Å². The number of rotatable bonds is 4. The summed E-state index contributed by atoms with van der Waals surface area (Å²) in [6.07, 6.45) is 3.29. The van der Waals surface area contributed by atoms with Crippen LogP contribution in [0.2, 0.25) is 0 Å². The Kier molecular flexibility index (Phi) is 16.0. The van der Waals surface area contributed by atoms with Crippen molar-refractivity contribution in [1.29, 1.82) is 0 Å². The molecule has 0 unspecified atom stereocenters. The van der Waals surface area contributed by atoms with Gasteiger partial charge in [-0.25, -0.2) is 0 Å². The molecule has 4 nitrogen and oxygen atoms in total. The van der Waals surface area contributed by atoms with E-state index in [1.165, 1.54) is 0 Å². The molecule has 212 valence electrons. The summed E-state index contributed by atoms with van der Waals surface area (Å²) >= 11 is 0. The van der Waals surface area contributed by atoms with Crippen LogP contribution in [0.3, 0.4) is 0 Å². The van der Waals surface area contributed by atoms with Crippen LogP contribution in [-0.2, 0) is 32.5 Å². The van der Waals surface area contributed by atoms with Gasteiger partial charge in [-0.15, -0.1) is 0 Å². The van der Waals surface area contributed by atoms with Crippen LogP contribution >= 0.6 is 0 Å². The molecule has 0 aliphatic heterocycles. The van der Waals surface area contributed by atoms with E-state index in [9.17, 15) is 10.2 Å². The van der Waals surface area contributed by atoms with Crippen LogP contribution in [0.1, 0.15) is 63.8 Å². The van der Waals surface area contributed by atoms with Gasteiger partial charge in [0.15, 0.2) is 0 Å². The Morgan fingerprint density at radius 1 is 0.488 bits per heavy atom. The largest absolute Gasteiger partial charge is 4.00 e. The summed E-state index contributed by atoms with van der Waals surface area (Å²) < 4.78 is 0. The molecule has 0 radical (unpaired) electrons. The maximum absolute atomic E-state index is 12.3. The van der Waals surface area contributed by atoms with Crippen molar-refractivity contribution in [3.8, 4) is 11.5 Å². The molecule has 0 N–H and O–H groups in total. The van der Waals surface area contributed by atoms with E-state index in [2.05, 4.69) is 9.98 Å². The van der Waals surface area contributed by atoms with Gasteiger partial charge in [-0.3, -0.25) is 9.98 Å². The molecule has 0 bridgehead atoms. The molecule has 0 aromatic heterocycles. The zero-order valence-corrected chi connectivity index (χ0v) is 27.4. The minimum absolute atomic E-state index is 0. The topological polar surface area (TPSA) is 70.8 Å². The second-order valence-electron chi connectivity index (χ2n) is 11.1. The van der Waals surface area contributed by atoms with Gasteiger partial charge in [0.05, 0.1) is 11.4 Å². The molecular formula is C34H36Cl2N2O2Ti. The maximum Gasteiger partial charge on any atom is 4.00 e. The van der Waals surface area contributed by atoms with Crippen LogP contribution in [-0.4, -0.2) is 12.4 Å². The number of hydrogen-bond acceptors (Lipinski definition) is 4. The Balaban J connectivity index is 0.000000727. The van der Waals surface area contributed by atoms with Crippen molar-refractivity contribution in [2.45, 2.75) is 52.4 Å². The molecular weight excluding hydrogens is 587 g/mol. The first kappa shape index (κ1) is 38.1. The van der Waals surface area contributed by atoms with Crippen molar-refractivity contribution in [2.75, 3.05) is 0 Å². The SMILES string of the molecule is CC(C)(C)c1cccc(/C=N/c2ccccc2)c1[O-].CC(C)(C)c1cccc(/C=N/c2ccccc2)c1[O-].[Cl-].[Cl-].[Ti+4]. The predicted molar refractivity (Wildman–Crippen MR) is 157 cm³/mol. The van der Waals surface area contributed by atoms with Gasteiger partial charge in [0.25, 0.3) is 0 Å². The van der Waals surface area contributed by atoms with E-state index < -0.39 is 0 Å². The third kappa shape index (κ3) is 11.5. The average molecular weight is 623 g/mol. The summed E-state index contributed by atoms with van der Waals surface area (Å²) in [5.41, 5.74) is 4.33. The third-order valence-electron chi connectivity index (χ3n) is 5.92. The van der Waals surface area contributed by atoms with E-state index in [1.54, 1.807) is 12.4 Å². The Morgan fingerprint density at radius 2 is 0.805 bits per heavy atom. The Hall–Kier alpha value is -2.89. The van der Waals surface area contributed by atoms with Crippen LogP contribution in [0.25, 0.3) is 0 Å². The van der Waals surface area contributed by atoms with Gasteiger partial charge < -0.3 is 35.0 Å². The number of benzene rings is 4. The smallest absolute Gasteiger partial charge is 1.00 e. The molecule has 0 spiro atoms. The summed E-state index contributed by atoms with van der Waals surface area (Å²) in [6, 6.07) is 30.5. The molecule has 0 aliphatic carbocycles. The van der Waals surface area contributed by atoms with Crippen molar-refractivity contribution < 1.29 is 56.7 Å². The Morgan fingerprint density at radius 3 is 1.10 bits per heavy atom. The molecule has 0 atom stereocenters. The fourth-order valence-electron chi connectivity index (χ4n) is 3.81.